The van der Waals surface area contributed by atoms with E-state index in [1.807, 2.05) is 0 Å². The minimum atomic E-state index is -4.31. The van der Waals surface area contributed by atoms with Crippen molar-refractivity contribution in [3.63, 3.8) is 0 Å². The third-order valence-corrected chi connectivity index (χ3v) is 3.31. The zero-order valence-electron chi connectivity index (χ0n) is 11.1. The van der Waals surface area contributed by atoms with Crippen molar-refractivity contribution in [1.82, 2.24) is 5.32 Å². The van der Waals surface area contributed by atoms with E-state index in [-0.39, 0.29) is 5.56 Å². The Labute approximate surface area is 116 Å². The monoisotopic (exact) mass is 279 g/mol. The van der Waals surface area contributed by atoms with Gasteiger partial charge in [0.15, 0.2) is 0 Å². The Morgan fingerprint density at radius 2 is 1.25 bits per heavy atom. The number of alkyl halides is 3. The van der Waals surface area contributed by atoms with Crippen molar-refractivity contribution in [3.8, 4) is 0 Å². The Balaban J connectivity index is 2.46. The number of hydrogen-bond donors (Lipinski definition) is 1. The van der Waals surface area contributed by atoms with Crippen LogP contribution in [-0.2, 0) is 0 Å². The number of halogens is 3. The van der Waals surface area contributed by atoms with Gasteiger partial charge in [0, 0.05) is 6.04 Å². The molecule has 2 atom stereocenters. The van der Waals surface area contributed by atoms with Crippen LogP contribution < -0.4 is 5.32 Å². The van der Waals surface area contributed by atoms with Gasteiger partial charge in [-0.1, -0.05) is 60.7 Å². The standard InChI is InChI=1S/C16H16F3N/c1-20-15(13-10-6-3-7-11-13)14(16(17,18)19)12-8-4-2-5-9-12/h2-11,14-15,20H,1H3. The van der Waals surface area contributed by atoms with Crippen molar-refractivity contribution >= 4 is 0 Å². The molecule has 1 nitrogen and oxygen atoms in total. The first kappa shape index (κ1) is 14.6. The van der Waals surface area contributed by atoms with Crippen LogP contribution in [0.25, 0.3) is 0 Å². The Morgan fingerprint density at radius 3 is 1.65 bits per heavy atom. The molecule has 0 spiro atoms. The molecule has 20 heavy (non-hydrogen) atoms. The average Bonchev–Trinajstić information content (AvgIpc) is 2.45. The molecule has 2 aromatic carbocycles. The van der Waals surface area contributed by atoms with Crippen molar-refractivity contribution in [2.75, 3.05) is 7.05 Å². The smallest absolute Gasteiger partial charge is 0.312 e. The molecule has 0 saturated carbocycles. The lowest BCUT2D eigenvalue weighted by Crippen LogP contribution is -2.33. The highest BCUT2D eigenvalue weighted by atomic mass is 19.4. The Morgan fingerprint density at radius 1 is 0.800 bits per heavy atom. The Bertz CT molecular complexity index is 522. The largest absolute Gasteiger partial charge is 0.397 e. The molecule has 0 radical (unpaired) electrons. The molecular weight excluding hydrogens is 263 g/mol. The molecule has 2 unspecified atom stereocenters. The fraction of sp³-hybridized carbons (Fsp3) is 0.250. The van der Waals surface area contributed by atoms with Gasteiger partial charge >= 0.3 is 6.18 Å². The van der Waals surface area contributed by atoms with Gasteiger partial charge in [0.25, 0.3) is 0 Å². The molecule has 0 aliphatic heterocycles. The van der Waals surface area contributed by atoms with Crippen molar-refractivity contribution in [2.24, 2.45) is 0 Å². The molecule has 0 saturated heterocycles. The zero-order chi connectivity index (χ0) is 14.6. The van der Waals surface area contributed by atoms with Crippen LogP contribution in [0.3, 0.4) is 0 Å². The van der Waals surface area contributed by atoms with E-state index < -0.39 is 18.1 Å². The lowest BCUT2D eigenvalue weighted by atomic mass is 9.86. The SMILES string of the molecule is CNC(c1ccccc1)C(c1ccccc1)C(F)(F)F. The number of benzene rings is 2. The van der Waals surface area contributed by atoms with Crippen molar-refractivity contribution in [1.29, 1.82) is 0 Å². The Kier molecular flexibility index (Phi) is 4.45. The van der Waals surface area contributed by atoms with Crippen LogP contribution >= 0.6 is 0 Å². The third-order valence-electron chi connectivity index (χ3n) is 3.31. The van der Waals surface area contributed by atoms with Gasteiger partial charge in [-0.25, -0.2) is 0 Å². The van der Waals surface area contributed by atoms with Crippen LogP contribution in [-0.4, -0.2) is 13.2 Å². The second-order valence-electron chi connectivity index (χ2n) is 4.61. The van der Waals surface area contributed by atoms with Crippen LogP contribution in [0.4, 0.5) is 13.2 Å². The molecule has 2 rings (SSSR count). The van der Waals surface area contributed by atoms with Crippen molar-refractivity contribution in [2.45, 2.75) is 18.1 Å². The second-order valence-corrected chi connectivity index (χ2v) is 4.61. The molecule has 106 valence electrons. The van der Waals surface area contributed by atoms with Gasteiger partial charge in [-0.3, -0.25) is 0 Å². The first-order valence-corrected chi connectivity index (χ1v) is 6.38. The van der Waals surface area contributed by atoms with E-state index in [9.17, 15) is 13.2 Å². The van der Waals surface area contributed by atoms with Crippen LogP contribution in [0, 0.1) is 0 Å². The summed E-state index contributed by atoms with van der Waals surface area (Å²) in [6, 6.07) is 15.9. The molecule has 0 aromatic heterocycles. The summed E-state index contributed by atoms with van der Waals surface area (Å²) in [7, 11) is 1.55. The van der Waals surface area contributed by atoms with Crippen LogP contribution in [0.1, 0.15) is 23.1 Å². The van der Waals surface area contributed by atoms with E-state index in [1.165, 1.54) is 12.1 Å². The first-order chi connectivity index (χ1) is 9.54. The van der Waals surface area contributed by atoms with Gasteiger partial charge in [-0.05, 0) is 18.2 Å². The summed E-state index contributed by atoms with van der Waals surface area (Å²) < 4.78 is 40.5. The highest BCUT2D eigenvalue weighted by molar-refractivity contribution is 5.29. The minimum Gasteiger partial charge on any atom is -0.312 e. The van der Waals surface area contributed by atoms with Gasteiger partial charge < -0.3 is 5.32 Å². The van der Waals surface area contributed by atoms with Gasteiger partial charge in [-0.15, -0.1) is 0 Å². The fourth-order valence-corrected chi connectivity index (χ4v) is 2.42. The minimum absolute atomic E-state index is 0.267. The lowest BCUT2D eigenvalue weighted by molar-refractivity contribution is -0.157. The number of hydrogen-bond acceptors (Lipinski definition) is 1. The molecule has 0 aliphatic carbocycles. The molecular formula is C16H16F3N. The molecule has 0 fully saturated rings. The summed E-state index contributed by atoms with van der Waals surface area (Å²) in [6.07, 6.45) is -4.31. The molecule has 0 amide bonds. The maximum Gasteiger partial charge on any atom is 0.397 e. The number of rotatable bonds is 4. The van der Waals surface area contributed by atoms with E-state index in [0.717, 1.165) is 0 Å². The lowest BCUT2D eigenvalue weighted by Gasteiger charge is -2.29. The van der Waals surface area contributed by atoms with E-state index in [4.69, 9.17) is 0 Å². The van der Waals surface area contributed by atoms with Crippen molar-refractivity contribution in [3.05, 3.63) is 71.8 Å². The van der Waals surface area contributed by atoms with Crippen LogP contribution in [0.15, 0.2) is 60.7 Å². The first-order valence-electron chi connectivity index (χ1n) is 6.38. The van der Waals surface area contributed by atoms with E-state index in [2.05, 4.69) is 5.32 Å². The predicted molar refractivity (Wildman–Crippen MR) is 73.5 cm³/mol. The number of likely N-dealkylation sites (N-methyl/N-ethyl adjacent to an activating group) is 1. The molecule has 0 bridgehead atoms. The maximum absolute atomic E-state index is 13.5. The van der Waals surface area contributed by atoms with Crippen molar-refractivity contribution < 1.29 is 13.2 Å². The molecule has 2 aromatic rings. The zero-order valence-corrected chi connectivity index (χ0v) is 11.1. The highest BCUT2D eigenvalue weighted by Crippen LogP contribution is 2.43. The van der Waals surface area contributed by atoms with Crippen LogP contribution in [0.5, 0.6) is 0 Å². The normalized spacial score (nSPS) is 14.8. The summed E-state index contributed by atoms with van der Waals surface area (Å²) in [5.74, 6) is -1.57. The quantitative estimate of drug-likeness (QED) is 0.880. The molecule has 0 heterocycles. The van der Waals surface area contributed by atoms with Gasteiger partial charge in [0.1, 0.15) is 0 Å². The summed E-state index contributed by atoms with van der Waals surface area (Å²) >= 11 is 0. The summed E-state index contributed by atoms with van der Waals surface area (Å²) in [6.45, 7) is 0. The van der Waals surface area contributed by atoms with Crippen LogP contribution in [0.2, 0.25) is 0 Å². The van der Waals surface area contributed by atoms with E-state index in [0.29, 0.717) is 5.56 Å². The fourth-order valence-electron chi connectivity index (χ4n) is 2.42. The highest BCUT2D eigenvalue weighted by Gasteiger charge is 2.45. The molecule has 4 heteroatoms. The number of nitrogens with one attached hydrogen (secondary N) is 1. The third kappa shape index (κ3) is 3.20. The van der Waals surface area contributed by atoms with E-state index >= 15 is 0 Å². The summed E-state index contributed by atoms with van der Waals surface area (Å²) in [4.78, 5) is 0. The molecule has 1 N–H and O–H groups in total. The van der Waals surface area contributed by atoms with Gasteiger partial charge in [0.2, 0.25) is 0 Å². The van der Waals surface area contributed by atoms with Gasteiger partial charge in [-0.2, -0.15) is 13.2 Å². The average molecular weight is 279 g/mol. The van der Waals surface area contributed by atoms with E-state index in [1.54, 1.807) is 55.6 Å². The Hall–Kier alpha value is -1.81. The molecule has 0 aliphatic rings. The topological polar surface area (TPSA) is 12.0 Å². The summed E-state index contributed by atoms with van der Waals surface area (Å²) in [5.41, 5.74) is 0.893. The summed E-state index contributed by atoms with van der Waals surface area (Å²) in [5, 5.41) is 2.80. The van der Waals surface area contributed by atoms with Gasteiger partial charge in [0.05, 0.1) is 5.92 Å². The predicted octanol–water partition coefficient (Wildman–Crippen LogP) is 4.29. The second kappa shape index (κ2) is 6.09. The maximum atomic E-state index is 13.5.